The van der Waals surface area contributed by atoms with Crippen molar-refractivity contribution in [1.29, 1.82) is 0 Å². The maximum Gasteiger partial charge on any atom is 0.262 e. The van der Waals surface area contributed by atoms with Crippen molar-refractivity contribution in [2.75, 3.05) is 18.2 Å². The molecule has 0 aliphatic carbocycles. The Morgan fingerprint density at radius 3 is 2.35 bits per heavy atom. The van der Waals surface area contributed by atoms with E-state index in [4.69, 9.17) is 4.74 Å². The summed E-state index contributed by atoms with van der Waals surface area (Å²) in [4.78, 5) is 13.4. The molecular weight excluding hydrogens is 310 g/mol. The molecular formula is C17H23N3O2S. The van der Waals surface area contributed by atoms with Crippen LogP contribution in [0.2, 0.25) is 0 Å². The van der Waals surface area contributed by atoms with Gasteiger partial charge in [0.2, 0.25) is 0 Å². The number of rotatable bonds is 5. The summed E-state index contributed by atoms with van der Waals surface area (Å²) in [5, 5.41) is 7.17. The van der Waals surface area contributed by atoms with Crippen molar-refractivity contribution in [3.63, 3.8) is 0 Å². The molecule has 0 radical (unpaired) electrons. The Morgan fingerprint density at radius 1 is 1.26 bits per heavy atom. The summed E-state index contributed by atoms with van der Waals surface area (Å²) >= 11 is 1.69. The molecule has 0 spiro atoms. The molecule has 1 heterocycles. The molecule has 23 heavy (non-hydrogen) atoms. The molecule has 0 aliphatic heterocycles. The molecule has 2 rings (SSSR count). The normalized spacial score (nSPS) is 10.7. The molecule has 0 unspecified atom stereocenters. The molecule has 2 aromatic rings. The van der Waals surface area contributed by atoms with Crippen LogP contribution in [0, 0.1) is 27.7 Å². The van der Waals surface area contributed by atoms with Gasteiger partial charge in [-0.25, -0.2) is 0 Å². The molecule has 0 aliphatic rings. The molecule has 1 aromatic carbocycles. The van der Waals surface area contributed by atoms with Crippen molar-refractivity contribution < 1.29 is 9.53 Å². The minimum atomic E-state index is -0.183. The van der Waals surface area contributed by atoms with Gasteiger partial charge in [0.05, 0.1) is 17.1 Å². The zero-order valence-electron chi connectivity index (χ0n) is 14.5. The summed E-state index contributed by atoms with van der Waals surface area (Å²) in [6, 6.07) is 4.14. The van der Waals surface area contributed by atoms with Gasteiger partial charge in [-0.15, -0.1) is 11.8 Å². The number of benzene rings is 1. The largest absolute Gasteiger partial charge is 0.483 e. The lowest BCUT2D eigenvalue weighted by molar-refractivity contribution is -0.118. The lowest BCUT2D eigenvalue weighted by Gasteiger charge is -2.13. The number of amides is 1. The van der Waals surface area contributed by atoms with Crippen LogP contribution in [-0.2, 0) is 11.8 Å². The van der Waals surface area contributed by atoms with Crippen LogP contribution in [0.25, 0.3) is 0 Å². The quantitative estimate of drug-likeness (QED) is 0.852. The average Bonchev–Trinajstić information content (AvgIpc) is 2.72. The number of aryl methyl sites for hydroxylation is 4. The van der Waals surface area contributed by atoms with Crippen LogP contribution in [0.3, 0.4) is 0 Å². The highest BCUT2D eigenvalue weighted by molar-refractivity contribution is 7.98. The van der Waals surface area contributed by atoms with Gasteiger partial charge in [-0.2, -0.15) is 5.10 Å². The molecule has 124 valence electrons. The fraction of sp³-hybridized carbons (Fsp3) is 0.412. The summed E-state index contributed by atoms with van der Waals surface area (Å²) < 4.78 is 7.49. The van der Waals surface area contributed by atoms with Crippen LogP contribution in [0.15, 0.2) is 17.0 Å². The zero-order chi connectivity index (χ0) is 17.1. The minimum Gasteiger partial charge on any atom is -0.483 e. The maximum atomic E-state index is 12.2. The van der Waals surface area contributed by atoms with E-state index in [1.54, 1.807) is 16.4 Å². The SMILES string of the molecule is CSc1cc(C)c(OCC(=O)Nc2c(C)nn(C)c2C)c(C)c1. The molecule has 5 nitrogen and oxygen atoms in total. The molecule has 0 bridgehead atoms. The number of hydrogen-bond acceptors (Lipinski definition) is 4. The fourth-order valence-corrected chi connectivity index (χ4v) is 3.11. The molecule has 1 aromatic heterocycles. The van der Waals surface area contributed by atoms with Gasteiger partial charge in [-0.1, -0.05) is 0 Å². The van der Waals surface area contributed by atoms with Gasteiger partial charge in [0.15, 0.2) is 6.61 Å². The van der Waals surface area contributed by atoms with Gasteiger partial charge in [-0.3, -0.25) is 9.48 Å². The number of ether oxygens (including phenoxy) is 1. The van der Waals surface area contributed by atoms with Gasteiger partial charge in [-0.05, 0) is 57.2 Å². The first-order valence-electron chi connectivity index (χ1n) is 7.41. The highest BCUT2D eigenvalue weighted by Crippen LogP contribution is 2.28. The van der Waals surface area contributed by atoms with Crippen molar-refractivity contribution in [2.24, 2.45) is 7.05 Å². The Hall–Kier alpha value is -1.95. The molecule has 0 saturated heterocycles. The number of anilines is 1. The summed E-state index contributed by atoms with van der Waals surface area (Å²) in [5.41, 5.74) is 4.56. The summed E-state index contributed by atoms with van der Waals surface area (Å²) in [6.45, 7) is 7.77. The van der Waals surface area contributed by atoms with Crippen LogP contribution in [0.1, 0.15) is 22.5 Å². The second kappa shape index (κ2) is 7.08. The van der Waals surface area contributed by atoms with Crippen LogP contribution < -0.4 is 10.1 Å². The first-order valence-corrected chi connectivity index (χ1v) is 8.64. The van der Waals surface area contributed by atoms with Gasteiger partial charge in [0.1, 0.15) is 5.75 Å². The number of thioether (sulfide) groups is 1. The average molecular weight is 333 g/mol. The molecule has 1 N–H and O–H groups in total. The molecule has 1 amide bonds. The van der Waals surface area contributed by atoms with E-state index < -0.39 is 0 Å². The summed E-state index contributed by atoms with van der Waals surface area (Å²) in [7, 11) is 1.86. The van der Waals surface area contributed by atoms with Crippen LogP contribution in [-0.4, -0.2) is 28.6 Å². The van der Waals surface area contributed by atoms with E-state index in [-0.39, 0.29) is 12.5 Å². The molecule has 0 fully saturated rings. The first kappa shape index (κ1) is 17.4. The zero-order valence-corrected chi connectivity index (χ0v) is 15.3. The first-order chi connectivity index (χ1) is 10.8. The lowest BCUT2D eigenvalue weighted by Crippen LogP contribution is -2.21. The smallest absolute Gasteiger partial charge is 0.262 e. The van der Waals surface area contributed by atoms with Crippen LogP contribution >= 0.6 is 11.8 Å². The van der Waals surface area contributed by atoms with Gasteiger partial charge < -0.3 is 10.1 Å². The van der Waals surface area contributed by atoms with E-state index >= 15 is 0 Å². The van der Waals surface area contributed by atoms with Crippen molar-refractivity contribution in [3.8, 4) is 5.75 Å². The number of carbonyl (C=O) groups excluding carboxylic acids is 1. The van der Waals surface area contributed by atoms with Crippen molar-refractivity contribution in [3.05, 3.63) is 34.6 Å². The topological polar surface area (TPSA) is 56.1 Å². The Kier molecular flexibility index (Phi) is 5.36. The maximum absolute atomic E-state index is 12.2. The van der Waals surface area contributed by atoms with Crippen LogP contribution in [0.5, 0.6) is 5.75 Å². The summed E-state index contributed by atoms with van der Waals surface area (Å²) in [6.07, 6.45) is 2.04. The number of hydrogen-bond donors (Lipinski definition) is 1. The predicted octanol–water partition coefficient (Wildman–Crippen LogP) is 3.39. The Labute approximate surface area is 141 Å². The number of nitrogens with zero attached hydrogens (tertiary/aromatic N) is 2. The van der Waals surface area contributed by atoms with Crippen LogP contribution in [0.4, 0.5) is 5.69 Å². The molecule has 0 saturated carbocycles. The van der Waals surface area contributed by atoms with Gasteiger partial charge in [0, 0.05) is 11.9 Å². The van der Waals surface area contributed by atoms with Crippen molar-refractivity contribution in [2.45, 2.75) is 32.6 Å². The highest BCUT2D eigenvalue weighted by Gasteiger charge is 2.14. The van der Waals surface area contributed by atoms with Gasteiger partial charge in [0.25, 0.3) is 5.91 Å². The molecule has 0 atom stereocenters. The summed E-state index contributed by atoms with van der Waals surface area (Å²) in [5.74, 6) is 0.592. The standard InChI is InChI=1S/C17H23N3O2S/c1-10-7-14(23-6)8-11(2)17(10)22-9-15(21)18-16-12(3)19-20(5)13(16)4/h7-8H,9H2,1-6H3,(H,18,21). The second-order valence-corrected chi connectivity index (χ2v) is 6.48. The van der Waals surface area contributed by atoms with Gasteiger partial charge >= 0.3 is 0 Å². The van der Waals surface area contributed by atoms with Crippen molar-refractivity contribution in [1.82, 2.24) is 9.78 Å². The van der Waals surface area contributed by atoms with E-state index in [1.807, 2.05) is 41.0 Å². The third-order valence-electron chi connectivity index (χ3n) is 3.79. The van der Waals surface area contributed by atoms with Crippen molar-refractivity contribution >= 4 is 23.4 Å². The molecule has 6 heteroatoms. The van der Waals surface area contributed by atoms with E-state index in [2.05, 4.69) is 22.5 Å². The minimum absolute atomic E-state index is 0.0198. The predicted molar refractivity (Wildman–Crippen MR) is 94.5 cm³/mol. The number of carbonyl (C=O) groups is 1. The van der Waals surface area contributed by atoms with E-state index in [9.17, 15) is 4.79 Å². The number of aromatic nitrogens is 2. The Balaban J connectivity index is 2.05. The Morgan fingerprint density at radius 2 is 1.87 bits per heavy atom. The Bertz CT molecular complexity index is 715. The van der Waals surface area contributed by atoms with E-state index in [0.29, 0.717) is 0 Å². The lowest BCUT2D eigenvalue weighted by atomic mass is 10.1. The highest BCUT2D eigenvalue weighted by atomic mass is 32.2. The number of nitrogens with one attached hydrogen (secondary N) is 1. The third kappa shape index (κ3) is 3.88. The monoisotopic (exact) mass is 333 g/mol. The second-order valence-electron chi connectivity index (χ2n) is 5.60. The third-order valence-corrected chi connectivity index (χ3v) is 4.50. The van der Waals surface area contributed by atoms with E-state index in [1.165, 1.54) is 4.90 Å². The fourth-order valence-electron chi connectivity index (χ4n) is 2.52. The van der Waals surface area contributed by atoms with E-state index in [0.717, 1.165) is 34.0 Å².